The fraction of sp³-hybridized carbons (Fsp3) is 0.261. The van der Waals surface area contributed by atoms with Crippen LogP contribution in [0.4, 0.5) is 18.3 Å². The molecule has 0 saturated carbocycles. The van der Waals surface area contributed by atoms with Crippen LogP contribution in [0, 0.1) is 0 Å². The predicted molar refractivity (Wildman–Crippen MR) is 126 cm³/mol. The molecule has 0 spiro atoms. The van der Waals surface area contributed by atoms with E-state index in [1.165, 1.54) is 23.5 Å². The van der Waals surface area contributed by atoms with E-state index < -0.39 is 11.7 Å². The molecule has 0 radical (unpaired) electrons. The lowest BCUT2D eigenvalue weighted by Gasteiger charge is -2.15. The molecule has 3 N–H and O–H groups in total. The normalized spacial score (nSPS) is 18.3. The molecule has 2 aliphatic heterocycles. The van der Waals surface area contributed by atoms with Gasteiger partial charge in [0.15, 0.2) is 5.13 Å². The molecule has 6 nitrogen and oxygen atoms in total. The summed E-state index contributed by atoms with van der Waals surface area (Å²) in [5, 5.41) is 20.6. The van der Waals surface area contributed by atoms with Crippen molar-refractivity contribution in [2.75, 3.05) is 18.0 Å². The first-order valence-electron chi connectivity index (χ1n) is 10.5. The summed E-state index contributed by atoms with van der Waals surface area (Å²) in [5.41, 5.74) is 6.50. The molecule has 0 aliphatic carbocycles. The first-order valence-corrected chi connectivity index (χ1v) is 11.7. The van der Waals surface area contributed by atoms with Gasteiger partial charge in [0, 0.05) is 36.1 Å². The summed E-state index contributed by atoms with van der Waals surface area (Å²) < 4.78 is 41.4. The van der Waals surface area contributed by atoms with Crippen molar-refractivity contribution in [3.8, 4) is 5.88 Å². The molecule has 0 bridgehead atoms. The van der Waals surface area contributed by atoms with Gasteiger partial charge >= 0.3 is 6.18 Å². The van der Waals surface area contributed by atoms with Crippen molar-refractivity contribution in [3.05, 3.63) is 73.6 Å². The number of alkyl halides is 3. The first-order chi connectivity index (χ1) is 16.2. The maximum absolute atomic E-state index is 13.8. The van der Waals surface area contributed by atoms with E-state index in [0.29, 0.717) is 39.2 Å². The van der Waals surface area contributed by atoms with Crippen LogP contribution >= 0.6 is 22.9 Å². The molecule has 1 atom stereocenters. The Hall–Kier alpha value is -2.95. The Kier molecular flexibility index (Phi) is 5.83. The van der Waals surface area contributed by atoms with Gasteiger partial charge in [0.1, 0.15) is 0 Å². The summed E-state index contributed by atoms with van der Waals surface area (Å²) in [6, 6.07) is 9.06. The summed E-state index contributed by atoms with van der Waals surface area (Å²) in [4.78, 5) is 6.70. The van der Waals surface area contributed by atoms with Crippen molar-refractivity contribution in [3.63, 3.8) is 0 Å². The van der Waals surface area contributed by atoms with Crippen LogP contribution in [0.15, 0.2) is 46.6 Å². The molecule has 11 heteroatoms. The predicted octanol–water partition coefficient (Wildman–Crippen LogP) is 3.47. The van der Waals surface area contributed by atoms with Crippen LogP contribution in [-0.2, 0) is 12.6 Å². The minimum atomic E-state index is -4.58. The summed E-state index contributed by atoms with van der Waals surface area (Å²) in [6.07, 6.45) is -2.28. The molecule has 1 aromatic heterocycles. The quantitative estimate of drug-likeness (QED) is 0.568. The van der Waals surface area contributed by atoms with Crippen LogP contribution in [0.1, 0.15) is 28.0 Å². The van der Waals surface area contributed by atoms with E-state index in [0.717, 1.165) is 18.1 Å². The number of thiazole rings is 1. The highest BCUT2D eigenvalue weighted by Crippen LogP contribution is 2.40. The Labute approximate surface area is 201 Å². The highest BCUT2D eigenvalue weighted by atomic mass is 35.5. The zero-order chi connectivity index (χ0) is 24.0. The SMILES string of the molecule is N[C@@H]1CCN(c2nc(O)c(/C(Cc3ccc(Cl)cc3C(F)(F)F)=c3\ccc4c(c3)C=NN=4)s2)C1. The van der Waals surface area contributed by atoms with E-state index in [-0.39, 0.29) is 28.9 Å². The van der Waals surface area contributed by atoms with E-state index in [2.05, 4.69) is 15.2 Å². The number of nitrogens with zero attached hydrogens (tertiary/aromatic N) is 4. The van der Waals surface area contributed by atoms with E-state index in [1.807, 2.05) is 4.90 Å². The number of rotatable bonds is 4. The van der Waals surface area contributed by atoms with Crippen LogP contribution in [0.5, 0.6) is 5.88 Å². The van der Waals surface area contributed by atoms with Gasteiger partial charge in [-0.3, -0.25) is 0 Å². The second-order valence-electron chi connectivity index (χ2n) is 8.22. The number of aromatic nitrogens is 1. The second kappa shape index (κ2) is 8.68. The fourth-order valence-electron chi connectivity index (χ4n) is 4.15. The minimum Gasteiger partial charge on any atom is -0.492 e. The van der Waals surface area contributed by atoms with Crippen LogP contribution < -0.4 is 21.2 Å². The number of benzene rings is 2. The Morgan fingerprint density at radius 3 is 2.79 bits per heavy atom. The summed E-state index contributed by atoms with van der Waals surface area (Å²) >= 11 is 7.11. The molecule has 34 heavy (non-hydrogen) atoms. The van der Waals surface area contributed by atoms with Gasteiger partial charge in [0.25, 0.3) is 0 Å². The van der Waals surface area contributed by atoms with Gasteiger partial charge in [-0.25, -0.2) is 0 Å². The van der Waals surface area contributed by atoms with E-state index in [9.17, 15) is 18.3 Å². The number of halogens is 4. The number of hydrogen-bond donors (Lipinski definition) is 2. The molecule has 1 saturated heterocycles. The van der Waals surface area contributed by atoms with Crippen LogP contribution in [0.25, 0.3) is 5.57 Å². The van der Waals surface area contributed by atoms with Gasteiger partial charge in [-0.15, -0.1) is 0 Å². The Balaban J connectivity index is 1.67. The van der Waals surface area contributed by atoms with Crippen molar-refractivity contribution in [2.24, 2.45) is 15.9 Å². The van der Waals surface area contributed by atoms with Gasteiger partial charge in [0.05, 0.1) is 22.0 Å². The van der Waals surface area contributed by atoms with E-state index >= 15 is 0 Å². The van der Waals surface area contributed by atoms with Gasteiger partial charge < -0.3 is 15.7 Å². The van der Waals surface area contributed by atoms with Gasteiger partial charge in [0.2, 0.25) is 5.88 Å². The zero-order valence-electron chi connectivity index (χ0n) is 17.7. The first kappa shape index (κ1) is 22.8. The molecule has 1 fully saturated rings. The highest BCUT2D eigenvalue weighted by Gasteiger charge is 2.34. The standard InChI is InChI=1S/C23H19ClF3N5OS/c24-15-3-1-13(18(9-15)23(25,26)27)8-17(12-2-4-19-14(7-12)10-29-31-19)20-21(33)30-22(34-20)32-6-5-16(28)11-32/h1-4,7,9-10,16,33H,5-6,8,11,28H2/b17-12+/t16-/m1/s1. The number of anilines is 1. The molecule has 176 valence electrons. The van der Waals surface area contributed by atoms with Crippen LogP contribution in [0.3, 0.4) is 0 Å². The van der Waals surface area contributed by atoms with E-state index in [1.54, 1.807) is 24.4 Å². The van der Waals surface area contributed by atoms with E-state index in [4.69, 9.17) is 17.3 Å². The Morgan fingerprint density at radius 2 is 2.06 bits per heavy atom. The topological polar surface area (TPSA) is 87.1 Å². The van der Waals surface area contributed by atoms with Crippen LogP contribution in [0.2, 0.25) is 5.02 Å². The minimum absolute atomic E-state index is 0.00118. The molecular weight excluding hydrogens is 487 g/mol. The average molecular weight is 506 g/mol. The molecule has 2 aliphatic rings. The molecular formula is C23H19ClF3N5OS. The molecule has 2 aromatic carbocycles. The van der Waals surface area contributed by atoms with Gasteiger partial charge in [-0.1, -0.05) is 35.1 Å². The molecule has 5 rings (SSSR count). The number of hydrogen-bond acceptors (Lipinski definition) is 7. The summed E-state index contributed by atoms with van der Waals surface area (Å²) in [7, 11) is 0. The molecule has 3 heterocycles. The fourth-order valence-corrected chi connectivity index (χ4v) is 5.39. The van der Waals surface area contributed by atoms with Crippen molar-refractivity contribution in [2.45, 2.75) is 25.1 Å². The average Bonchev–Trinajstić information content (AvgIpc) is 3.51. The lowest BCUT2D eigenvalue weighted by atomic mass is 9.96. The van der Waals surface area contributed by atoms with Crippen molar-refractivity contribution in [1.29, 1.82) is 0 Å². The zero-order valence-corrected chi connectivity index (χ0v) is 19.3. The molecule has 3 aromatic rings. The van der Waals surface area contributed by atoms with Crippen molar-refractivity contribution < 1.29 is 18.3 Å². The van der Waals surface area contributed by atoms with Crippen LogP contribution in [-0.4, -0.2) is 35.4 Å². The maximum Gasteiger partial charge on any atom is 0.416 e. The lowest BCUT2D eigenvalue weighted by Crippen LogP contribution is -2.26. The molecule has 0 amide bonds. The second-order valence-corrected chi connectivity index (χ2v) is 9.63. The third kappa shape index (κ3) is 4.40. The van der Waals surface area contributed by atoms with Crippen molar-refractivity contribution in [1.82, 2.24) is 4.98 Å². The third-order valence-corrected chi connectivity index (χ3v) is 7.25. The maximum atomic E-state index is 13.8. The third-order valence-electron chi connectivity index (χ3n) is 5.85. The monoisotopic (exact) mass is 505 g/mol. The Morgan fingerprint density at radius 1 is 1.24 bits per heavy atom. The largest absolute Gasteiger partial charge is 0.492 e. The Bertz CT molecular complexity index is 1420. The van der Waals surface area contributed by atoms with Gasteiger partial charge in [-0.05, 0) is 47.0 Å². The number of fused-ring (bicyclic) bond motifs is 1. The number of nitrogens with two attached hydrogens (primary N) is 1. The molecule has 0 unspecified atom stereocenters. The van der Waals surface area contributed by atoms with Crippen molar-refractivity contribution >= 4 is 39.9 Å². The summed E-state index contributed by atoms with van der Waals surface area (Å²) in [5.74, 6) is -0.225. The van der Waals surface area contributed by atoms with Gasteiger partial charge in [-0.2, -0.15) is 28.4 Å². The lowest BCUT2D eigenvalue weighted by molar-refractivity contribution is -0.138. The number of aromatic hydroxyl groups is 1. The summed E-state index contributed by atoms with van der Waals surface area (Å²) in [6.45, 7) is 1.31. The highest BCUT2D eigenvalue weighted by molar-refractivity contribution is 7.17. The smallest absolute Gasteiger partial charge is 0.416 e.